The van der Waals surface area contributed by atoms with Crippen molar-refractivity contribution in [1.29, 1.82) is 0 Å². The average molecular weight is 244 g/mol. The van der Waals surface area contributed by atoms with E-state index >= 15 is 0 Å². The normalized spacial score (nSPS) is 11.6. The van der Waals surface area contributed by atoms with Crippen molar-refractivity contribution < 1.29 is 4.79 Å². The second kappa shape index (κ2) is 4.33. The number of Topliss-reactive ketones (excluding diaryl/α,β-unsaturated/α-hetero) is 1. The minimum absolute atomic E-state index is 0.104. The second-order valence-corrected chi connectivity index (χ2v) is 5.34. The molecule has 1 N–H and O–H groups in total. The van der Waals surface area contributed by atoms with Gasteiger partial charge in [0.2, 0.25) is 5.82 Å². The van der Waals surface area contributed by atoms with E-state index < -0.39 is 5.41 Å². The number of nitrogens with one attached hydrogen (secondary N) is 1. The lowest BCUT2D eigenvalue weighted by Crippen LogP contribution is -2.20. The van der Waals surface area contributed by atoms with Crippen molar-refractivity contribution in [3.63, 3.8) is 0 Å². The van der Waals surface area contributed by atoms with Gasteiger partial charge in [0.1, 0.15) is 0 Å². The van der Waals surface area contributed by atoms with Crippen LogP contribution in [0.5, 0.6) is 0 Å². The van der Waals surface area contributed by atoms with Crippen LogP contribution in [0.1, 0.15) is 36.7 Å². The number of benzene rings is 1. The summed E-state index contributed by atoms with van der Waals surface area (Å²) in [5.41, 5.74) is 2.12. The van der Waals surface area contributed by atoms with Gasteiger partial charge in [0.15, 0.2) is 5.78 Å². The van der Waals surface area contributed by atoms with E-state index in [1.54, 1.807) is 0 Å². The first-order chi connectivity index (χ1) is 8.39. The number of tetrazole rings is 1. The molecular formula is C13H16N4O. The van der Waals surface area contributed by atoms with Gasteiger partial charge in [-0.15, -0.1) is 10.2 Å². The molecule has 0 fully saturated rings. The number of hydrogen-bond donors (Lipinski definition) is 1. The first kappa shape index (κ1) is 12.4. The minimum atomic E-state index is -0.399. The summed E-state index contributed by atoms with van der Waals surface area (Å²) in [6, 6.07) is 5.57. The molecule has 0 aliphatic heterocycles. The summed E-state index contributed by atoms with van der Waals surface area (Å²) in [5, 5.41) is 13.9. The molecule has 0 aliphatic rings. The Balaban J connectivity index is 2.48. The monoisotopic (exact) mass is 244 g/mol. The topological polar surface area (TPSA) is 71.5 Å². The summed E-state index contributed by atoms with van der Waals surface area (Å²) >= 11 is 0. The molecule has 1 heterocycles. The largest absolute Gasteiger partial charge is 0.294 e. The van der Waals surface area contributed by atoms with Crippen LogP contribution in [0.3, 0.4) is 0 Å². The average Bonchev–Trinajstić information content (AvgIpc) is 2.81. The Hall–Kier alpha value is -2.04. The Morgan fingerprint density at radius 3 is 2.56 bits per heavy atom. The standard InChI is InChI=1S/C13H16N4O/c1-8-5-6-9(11(18)13(2,3)4)7-10(8)12-14-16-17-15-12/h5-7H,1-4H3,(H,14,15,16,17). The maximum Gasteiger partial charge on any atom is 0.204 e. The van der Waals surface area contributed by atoms with Gasteiger partial charge in [-0.2, -0.15) is 5.21 Å². The van der Waals surface area contributed by atoms with Crippen LogP contribution in [0, 0.1) is 12.3 Å². The molecule has 0 unspecified atom stereocenters. The number of hydrogen-bond acceptors (Lipinski definition) is 4. The fraction of sp³-hybridized carbons (Fsp3) is 0.385. The van der Waals surface area contributed by atoms with Crippen LogP contribution in [0.15, 0.2) is 18.2 Å². The summed E-state index contributed by atoms with van der Waals surface area (Å²) in [4.78, 5) is 12.2. The van der Waals surface area contributed by atoms with Crippen molar-refractivity contribution in [3.05, 3.63) is 29.3 Å². The van der Waals surface area contributed by atoms with Crippen LogP contribution in [0.25, 0.3) is 11.4 Å². The Bertz CT molecular complexity index is 567. The molecule has 5 heteroatoms. The maximum atomic E-state index is 12.2. The molecule has 0 radical (unpaired) electrons. The zero-order chi connectivity index (χ0) is 13.3. The van der Waals surface area contributed by atoms with Gasteiger partial charge in [0, 0.05) is 16.5 Å². The van der Waals surface area contributed by atoms with Crippen molar-refractivity contribution >= 4 is 5.78 Å². The number of ketones is 1. The van der Waals surface area contributed by atoms with Gasteiger partial charge >= 0.3 is 0 Å². The number of carbonyl (C=O) groups excluding carboxylic acids is 1. The first-order valence-electron chi connectivity index (χ1n) is 5.79. The smallest absolute Gasteiger partial charge is 0.204 e. The maximum absolute atomic E-state index is 12.2. The number of aryl methyl sites for hydroxylation is 1. The fourth-order valence-electron chi connectivity index (χ4n) is 1.71. The van der Waals surface area contributed by atoms with Crippen LogP contribution >= 0.6 is 0 Å². The fourth-order valence-corrected chi connectivity index (χ4v) is 1.71. The van der Waals surface area contributed by atoms with Gasteiger partial charge < -0.3 is 0 Å². The summed E-state index contributed by atoms with van der Waals surface area (Å²) in [7, 11) is 0. The highest BCUT2D eigenvalue weighted by atomic mass is 16.1. The number of rotatable bonds is 2. The lowest BCUT2D eigenvalue weighted by atomic mass is 9.85. The predicted octanol–water partition coefficient (Wildman–Crippen LogP) is 2.40. The van der Waals surface area contributed by atoms with Crippen LogP contribution < -0.4 is 0 Å². The second-order valence-electron chi connectivity index (χ2n) is 5.34. The Labute approximate surface area is 106 Å². The van der Waals surface area contributed by atoms with E-state index in [-0.39, 0.29) is 5.78 Å². The summed E-state index contributed by atoms with van der Waals surface area (Å²) < 4.78 is 0. The number of H-pyrrole nitrogens is 1. The van der Waals surface area contributed by atoms with Crippen LogP contribution in [-0.2, 0) is 0 Å². The molecule has 0 spiro atoms. The molecule has 2 rings (SSSR count). The number of aromatic nitrogens is 4. The van der Waals surface area contributed by atoms with E-state index in [1.807, 2.05) is 45.9 Å². The lowest BCUT2D eigenvalue weighted by Gasteiger charge is -2.17. The molecule has 0 aliphatic carbocycles. The van der Waals surface area contributed by atoms with Crippen molar-refractivity contribution in [2.75, 3.05) is 0 Å². The van der Waals surface area contributed by atoms with Crippen molar-refractivity contribution in [2.45, 2.75) is 27.7 Å². The van der Waals surface area contributed by atoms with E-state index in [1.165, 1.54) is 0 Å². The quantitative estimate of drug-likeness (QED) is 0.823. The molecule has 18 heavy (non-hydrogen) atoms. The summed E-state index contributed by atoms with van der Waals surface area (Å²) in [5.74, 6) is 0.614. The number of aromatic amines is 1. The van der Waals surface area contributed by atoms with Gasteiger partial charge in [0.25, 0.3) is 0 Å². The third-order valence-electron chi connectivity index (χ3n) is 2.77. The van der Waals surface area contributed by atoms with Crippen LogP contribution in [0.2, 0.25) is 0 Å². The molecule has 94 valence electrons. The van der Waals surface area contributed by atoms with Crippen LogP contribution in [0.4, 0.5) is 0 Å². The molecular weight excluding hydrogens is 228 g/mol. The van der Waals surface area contributed by atoms with Gasteiger partial charge in [-0.25, -0.2) is 0 Å². The highest BCUT2D eigenvalue weighted by molar-refractivity contribution is 6.00. The molecule has 0 atom stereocenters. The van der Waals surface area contributed by atoms with Crippen molar-refractivity contribution in [2.24, 2.45) is 5.41 Å². The van der Waals surface area contributed by atoms with Gasteiger partial charge in [-0.05, 0) is 23.8 Å². The van der Waals surface area contributed by atoms with Gasteiger partial charge in [-0.3, -0.25) is 4.79 Å². The molecule has 0 bridgehead atoms. The van der Waals surface area contributed by atoms with Crippen molar-refractivity contribution in [3.8, 4) is 11.4 Å². The zero-order valence-corrected chi connectivity index (χ0v) is 11.0. The van der Waals surface area contributed by atoms with E-state index in [0.29, 0.717) is 11.4 Å². The van der Waals surface area contributed by atoms with E-state index in [4.69, 9.17) is 0 Å². The van der Waals surface area contributed by atoms with E-state index in [2.05, 4.69) is 20.6 Å². The third kappa shape index (κ3) is 2.30. The lowest BCUT2D eigenvalue weighted by molar-refractivity contribution is 0.0858. The highest BCUT2D eigenvalue weighted by Crippen LogP contribution is 2.25. The third-order valence-corrected chi connectivity index (χ3v) is 2.77. The molecule has 0 saturated carbocycles. The molecule has 1 aromatic heterocycles. The summed E-state index contributed by atoms with van der Waals surface area (Å²) in [6.07, 6.45) is 0. The summed E-state index contributed by atoms with van der Waals surface area (Å²) in [6.45, 7) is 7.67. The van der Waals surface area contributed by atoms with Gasteiger partial charge in [-0.1, -0.05) is 32.9 Å². The first-order valence-corrected chi connectivity index (χ1v) is 5.79. The van der Waals surface area contributed by atoms with Crippen molar-refractivity contribution in [1.82, 2.24) is 20.6 Å². The number of nitrogens with zero attached hydrogens (tertiary/aromatic N) is 3. The Morgan fingerprint density at radius 1 is 1.28 bits per heavy atom. The number of carbonyl (C=O) groups is 1. The van der Waals surface area contributed by atoms with E-state index in [9.17, 15) is 4.79 Å². The highest BCUT2D eigenvalue weighted by Gasteiger charge is 2.23. The Kier molecular flexibility index (Phi) is 2.98. The molecule has 0 saturated heterocycles. The molecule has 0 amide bonds. The molecule has 1 aromatic carbocycles. The Morgan fingerprint density at radius 2 is 2.00 bits per heavy atom. The van der Waals surface area contributed by atoms with Gasteiger partial charge in [0.05, 0.1) is 0 Å². The molecule has 2 aromatic rings. The zero-order valence-electron chi connectivity index (χ0n) is 11.0. The predicted molar refractivity (Wildman–Crippen MR) is 68.1 cm³/mol. The SMILES string of the molecule is Cc1ccc(C(=O)C(C)(C)C)cc1-c1nn[nH]n1. The van der Waals surface area contributed by atoms with E-state index in [0.717, 1.165) is 11.1 Å². The molecule has 5 nitrogen and oxygen atoms in total. The minimum Gasteiger partial charge on any atom is -0.294 e. The van der Waals surface area contributed by atoms with Crippen LogP contribution in [-0.4, -0.2) is 26.4 Å².